The Balaban J connectivity index is 1.87. The molecule has 0 radical (unpaired) electrons. The molecule has 1 fully saturated rings. The van der Waals surface area contributed by atoms with Gasteiger partial charge in [0.25, 0.3) is 0 Å². The average molecular weight is 276 g/mol. The summed E-state index contributed by atoms with van der Waals surface area (Å²) in [6, 6.07) is 8.52. The van der Waals surface area contributed by atoms with Gasteiger partial charge in [-0.1, -0.05) is 12.1 Å². The summed E-state index contributed by atoms with van der Waals surface area (Å²) >= 11 is 0. The molecular formula is C16H24N2O2. The SMILES string of the molecule is CCOc1ccc(CN(C)CN2C(=O)CCC2C)cc1. The van der Waals surface area contributed by atoms with Crippen molar-refractivity contribution >= 4 is 5.91 Å². The predicted molar refractivity (Wildman–Crippen MR) is 79.5 cm³/mol. The van der Waals surface area contributed by atoms with Gasteiger partial charge in [-0.15, -0.1) is 0 Å². The van der Waals surface area contributed by atoms with Crippen molar-refractivity contribution in [2.45, 2.75) is 39.3 Å². The molecule has 1 aromatic rings. The van der Waals surface area contributed by atoms with Gasteiger partial charge >= 0.3 is 0 Å². The fraction of sp³-hybridized carbons (Fsp3) is 0.562. The summed E-state index contributed by atoms with van der Waals surface area (Å²) in [7, 11) is 2.05. The summed E-state index contributed by atoms with van der Waals surface area (Å²) in [6.07, 6.45) is 1.67. The topological polar surface area (TPSA) is 32.8 Å². The smallest absolute Gasteiger partial charge is 0.223 e. The molecule has 0 aromatic heterocycles. The van der Waals surface area contributed by atoms with Crippen molar-refractivity contribution in [2.24, 2.45) is 0 Å². The van der Waals surface area contributed by atoms with E-state index < -0.39 is 0 Å². The third kappa shape index (κ3) is 3.73. The number of nitrogens with zero attached hydrogens (tertiary/aromatic N) is 2. The molecule has 1 heterocycles. The lowest BCUT2D eigenvalue weighted by Crippen LogP contribution is -2.39. The zero-order valence-electron chi connectivity index (χ0n) is 12.6. The van der Waals surface area contributed by atoms with Gasteiger partial charge in [0, 0.05) is 19.0 Å². The van der Waals surface area contributed by atoms with Crippen molar-refractivity contribution in [3.63, 3.8) is 0 Å². The Kier molecular flexibility index (Phi) is 5.01. The third-order valence-corrected chi connectivity index (χ3v) is 3.71. The lowest BCUT2D eigenvalue weighted by molar-refractivity contribution is -0.130. The zero-order valence-corrected chi connectivity index (χ0v) is 12.6. The second-order valence-corrected chi connectivity index (χ2v) is 5.48. The maximum Gasteiger partial charge on any atom is 0.223 e. The highest BCUT2D eigenvalue weighted by molar-refractivity contribution is 5.78. The molecule has 1 aromatic carbocycles. The Hall–Kier alpha value is -1.55. The number of carbonyl (C=O) groups is 1. The van der Waals surface area contributed by atoms with Crippen LogP contribution >= 0.6 is 0 Å². The molecule has 1 atom stereocenters. The van der Waals surface area contributed by atoms with Gasteiger partial charge in [-0.2, -0.15) is 0 Å². The molecule has 1 unspecified atom stereocenters. The van der Waals surface area contributed by atoms with Gasteiger partial charge < -0.3 is 9.64 Å². The van der Waals surface area contributed by atoms with Crippen molar-refractivity contribution in [3.8, 4) is 5.75 Å². The summed E-state index contributed by atoms with van der Waals surface area (Å²) < 4.78 is 5.44. The first-order chi connectivity index (χ1) is 9.60. The fourth-order valence-electron chi connectivity index (χ4n) is 2.58. The molecule has 1 saturated heterocycles. The first-order valence-corrected chi connectivity index (χ1v) is 7.30. The number of likely N-dealkylation sites (tertiary alicyclic amines) is 1. The summed E-state index contributed by atoms with van der Waals surface area (Å²) in [5.74, 6) is 1.18. The lowest BCUT2D eigenvalue weighted by atomic mass is 10.2. The van der Waals surface area contributed by atoms with Crippen LogP contribution in [0.15, 0.2) is 24.3 Å². The highest BCUT2D eigenvalue weighted by atomic mass is 16.5. The van der Waals surface area contributed by atoms with Crippen LogP contribution in [0.4, 0.5) is 0 Å². The van der Waals surface area contributed by atoms with Gasteiger partial charge in [-0.3, -0.25) is 9.69 Å². The largest absolute Gasteiger partial charge is 0.494 e. The first-order valence-electron chi connectivity index (χ1n) is 7.30. The van der Waals surface area contributed by atoms with Crippen molar-refractivity contribution in [1.29, 1.82) is 0 Å². The van der Waals surface area contributed by atoms with Gasteiger partial charge in [0.1, 0.15) is 5.75 Å². The Morgan fingerprint density at radius 2 is 2.05 bits per heavy atom. The second-order valence-electron chi connectivity index (χ2n) is 5.48. The van der Waals surface area contributed by atoms with Crippen LogP contribution in [-0.2, 0) is 11.3 Å². The van der Waals surface area contributed by atoms with Gasteiger partial charge in [0.15, 0.2) is 0 Å². The fourth-order valence-corrected chi connectivity index (χ4v) is 2.58. The molecule has 4 heteroatoms. The van der Waals surface area contributed by atoms with Gasteiger partial charge in [-0.05, 0) is 45.0 Å². The molecule has 20 heavy (non-hydrogen) atoms. The Labute approximate surface area is 121 Å². The summed E-state index contributed by atoms with van der Waals surface area (Å²) in [5, 5.41) is 0. The van der Waals surface area contributed by atoms with Crippen molar-refractivity contribution < 1.29 is 9.53 Å². The molecule has 0 saturated carbocycles. The van der Waals surface area contributed by atoms with E-state index in [1.165, 1.54) is 5.56 Å². The highest BCUT2D eigenvalue weighted by Crippen LogP contribution is 2.19. The quantitative estimate of drug-likeness (QED) is 0.800. The minimum atomic E-state index is 0.274. The summed E-state index contributed by atoms with van der Waals surface area (Å²) in [6.45, 7) is 6.33. The molecule has 110 valence electrons. The normalized spacial score (nSPS) is 18.9. The van der Waals surface area contributed by atoms with Gasteiger partial charge in [-0.25, -0.2) is 0 Å². The van der Waals surface area contributed by atoms with Crippen molar-refractivity contribution in [3.05, 3.63) is 29.8 Å². The molecule has 2 rings (SSSR count). The average Bonchev–Trinajstić information content (AvgIpc) is 2.73. The van der Waals surface area contributed by atoms with Crippen LogP contribution in [0.3, 0.4) is 0 Å². The summed E-state index contributed by atoms with van der Waals surface area (Å²) in [5.41, 5.74) is 1.23. The minimum Gasteiger partial charge on any atom is -0.494 e. The van der Waals surface area contributed by atoms with Crippen LogP contribution in [0.1, 0.15) is 32.3 Å². The van der Waals surface area contributed by atoms with E-state index in [2.05, 4.69) is 31.0 Å². The molecule has 0 spiro atoms. The number of hydrogen-bond donors (Lipinski definition) is 0. The lowest BCUT2D eigenvalue weighted by Gasteiger charge is -2.27. The second kappa shape index (κ2) is 6.75. The summed E-state index contributed by atoms with van der Waals surface area (Å²) in [4.78, 5) is 15.9. The van der Waals surface area contributed by atoms with Crippen LogP contribution in [0.25, 0.3) is 0 Å². The number of amides is 1. The number of hydrogen-bond acceptors (Lipinski definition) is 3. The highest BCUT2D eigenvalue weighted by Gasteiger charge is 2.27. The van der Waals surface area contributed by atoms with Crippen LogP contribution in [0, 0.1) is 0 Å². The standard InChI is InChI=1S/C16H24N2O2/c1-4-20-15-8-6-14(7-9-15)11-17(3)12-18-13(2)5-10-16(18)19/h6-9,13H,4-5,10-12H2,1-3H3. The number of carbonyl (C=O) groups excluding carboxylic acids is 1. The van der Waals surface area contributed by atoms with E-state index in [0.29, 0.717) is 25.7 Å². The monoisotopic (exact) mass is 276 g/mol. The van der Waals surface area contributed by atoms with Crippen molar-refractivity contribution in [1.82, 2.24) is 9.80 Å². The number of benzene rings is 1. The Morgan fingerprint density at radius 3 is 2.60 bits per heavy atom. The van der Waals surface area contributed by atoms with Crippen molar-refractivity contribution in [2.75, 3.05) is 20.3 Å². The van der Waals surface area contributed by atoms with Crippen LogP contribution in [0.2, 0.25) is 0 Å². The molecule has 0 N–H and O–H groups in total. The number of ether oxygens (including phenoxy) is 1. The molecule has 1 aliphatic rings. The minimum absolute atomic E-state index is 0.274. The molecule has 4 nitrogen and oxygen atoms in total. The van der Waals surface area contributed by atoms with Crippen LogP contribution < -0.4 is 4.74 Å². The molecule has 0 aliphatic carbocycles. The van der Waals surface area contributed by atoms with E-state index in [0.717, 1.165) is 18.7 Å². The molecular weight excluding hydrogens is 252 g/mol. The number of rotatable bonds is 6. The maximum atomic E-state index is 11.8. The van der Waals surface area contributed by atoms with E-state index >= 15 is 0 Å². The van der Waals surface area contributed by atoms with Gasteiger partial charge in [0.2, 0.25) is 5.91 Å². The molecule has 1 aliphatic heterocycles. The first kappa shape index (κ1) is 14.9. The maximum absolute atomic E-state index is 11.8. The third-order valence-electron chi connectivity index (χ3n) is 3.71. The van der Waals surface area contributed by atoms with E-state index in [9.17, 15) is 4.79 Å². The van der Waals surface area contributed by atoms with E-state index in [1.54, 1.807) is 0 Å². The van der Waals surface area contributed by atoms with Crippen LogP contribution in [0.5, 0.6) is 5.75 Å². The Bertz CT molecular complexity index is 444. The molecule has 0 bridgehead atoms. The van der Waals surface area contributed by atoms with Gasteiger partial charge in [0.05, 0.1) is 13.3 Å². The Morgan fingerprint density at radius 1 is 1.35 bits per heavy atom. The van der Waals surface area contributed by atoms with E-state index in [4.69, 9.17) is 4.74 Å². The van der Waals surface area contributed by atoms with E-state index in [-0.39, 0.29) is 5.91 Å². The zero-order chi connectivity index (χ0) is 14.5. The molecule has 1 amide bonds. The van der Waals surface area contributed by atoms with Crippen LogP contribution in [-0.4, -0.2) is 42.1 Å². The van der Waals surface area contributed by atoms with E-state index in [1.807, 2.05) is 24.0 Å². The predicted octanol–water partition coefficient (Wildman–Crippen LogP) is 2.49.